The first-order valence-corrected chi connectivity index (χ1v) is 8.58. The van der Waals surface area contributed by atoms with Gasteiger partial charge in [-0.15, -0.1) is 0 Å². The topological polar surface area (TPSA) is 68.5 Å². The molecule has 1 N–H and O–H groups in total. The lowest BCUT2D eigenvalue weighted by Gasteiger charge is -2.14. The summed E-state index contributed by atoms with van der Waals surface area (Å²) in [7, 11) is -2.06. The summed E-state index contributed by atoms with van der Waals surface area (Å²) in [4.78, 5) is 0.242. The predicted octanol–water partition coefficient (Wildman–Crippen LogP) is 3.07. The molecular weight excluding hydrogens is 302 g/mol. The van der Waals surface area contributed by atoms with E-state index >= 15 is 0 Å². The molecule has 0 radical (unpaired) electrons. The number of nitrogens with one attached hydrogen (secondary N) is 1. The van der Waals surface area contributed by atoms with Gasteiger partial charge >= 0.3 is 0 Å². The molecule has 2 aromatic rings. The highest BCUT2D eigenvalue weighted by Crippen LogP contribution is 2.19. The number of methoxy groups -OCH3 is 1. The van der Waals surface area contributed by atoms with E-state index in [4.69, 9.17) is 9.15 Å². The molecule has 0 saturated heterocycles. The van der Waals surface area contributed by atoms with Gasteiger partial charge in [-0.05, 0) is 35.7 Å². The molecule has 0 bridgehead atoms. The van der Waals surface area contributed by atoms with E-state index in [9.17, 15) is 8.42 Å². The third-order valence-corrected chi connectivity index (χ3v) is 4.90. The van der Waals surface area contributed by atoms with Crippen molar-refractivity contribution in [3.63, 3.8) is 0 Å². The van der Waals surface area contributed by atoms with Crippen LogP contribution < -0.4 is 4.72 Å². The molecule has 1 unspecified atom stereocenters. The number of furan rings is 1. The normalized spacial score (nSPS) is 13.5. The molecule has 1 aromatic carbocycles. The van der Waals surface area contributed by atoms with Gasteiger partial charge in [0.2, 0.25) is 10.0 Å². The van der Waals surface area contributed by atoms with Crippen LogP contribution in [0.1, 0.15) is 37.2 Å². The van der Waals surface area contributed by atoms with Crippen molar-refractivity contribution in [1.29, 1.82) is 0 Å². The van der Waals surface area contributed by atoms with Crippen LogP contribution in [0.3, 0.4) is 0 Å². The van der Waals surface area contributed by atoms with Crippen LogP contribution in [0.5, 0.6) is 0 Å². The molecule has 0 aliphatic carbocycles. The minimum atomic E-state index is -3.57. The van der Waals surface area contributed by atoms with Crippen LogP contribution in [0.15, 0.2) is 52.0 Å². The highest BCUT2D eigenvalue weighted by molar-refractivity contribution is 7.89. The molecule has 0 amide bonds. The molecule has 0 fully saturated rings. The van der Waals surface area contributed by atoms with Gasteiger partial charge in [0.1, 0.15) is 11.9 Å². The van der Waals surface area contributed by atoms with Gasteiger partial charge in [-0.25, -0.2) is 13.1 Å². The molecule has 0 saturated carbocycles. The average Bonchev–Trinajstić information content (AvgIpc) is 3.02. The van der Waals surface area contributed by atoms with Gasteiger partial charge in [0.25, 0.3) is 0 Å². The Hall–Kier alpha value is -1.63. The van der Waals surface area contributed by atoms with E-state index in [1.54, 1.807) is 24.3 Å². The second-order valence-electron chi connectivity index (χ2n) is 5.32. The van der Waals surface area contributed by atoms with Crippen LogP contribution in [0.25, 0.3) is 0 Å². The molecule has 2 rings (SSSR count). The summed E-state index contributed by atoms with van der Waals surface area (Å²) in [5, 5.41) is 0. The van der Waals surface area contributed by atoms with Gasteiger partial charge in [0.15, 0.2) is 0 Å². The third-order valence-electron chi connectivity index (χ3n) is 3.46. The van der Waals surface area contributed by atoms with Crippen LogP contribution in [0.4, 0.5) is 0 Å². The van der Waals surface area contributed by atoms with E-state index in [0.717, 1.165) is 5.56 Å². The van der Waals surface area contributed by atoms with Crippen molar-refractivity contribution in [3.8, 4) is 0 Å². The van der Waals surface area contributed by atoms with E-state index in [1.807, 2.05) is 12.1 Å². The zero-order chi connectivity index (χ0) is 16.2. The average molecular weight is 323 g/mol. The molecule has 120 valence electrons. The van der Waals surface area contributed by atoms with Gasteiger partial charge in [0, 0.05) is 13.7 Å². The van der Waals surface area contributed by atoms with Crippen molar-refractivity contribution in [2.45, 2.75) is 30.8 Å². The van der Waals surface area contributed by atoms with Gasteiger partial charge in [-0.1, -0.05) is 26.0 Å². The van der Waals surface area contributed by atoms with Crippen molar-refractivity contribution in [2.24, 2.45) is 0 Å². The lowest BCUT2D eigenvalue weighted by Crippen LogP contribution is -2.29. The highest BCUT2D eigenvalue weighted by Gasteiger charge is 2.19. The van der Waals surface area contributed by atoms with E-state index in [0.29, 0.717) is 11.7 Å². The van der Waals surface area contributed by atoms with Crippen LogP contribution in [-0.2, 0) is 14.8 Å². The molecule has 22 heavy (non-hydrogen) atoms. The minimum Gasteiger partial charge on any atom is -0.467 e. The molecule has 6 heteroatoms. The predicted molar refractivity (Wildman–Crippen MR) is 84.2 cm³/mol. The molecular formula is C16H21NO4S. The maximum absolute atomic E-state index is 12.3. The van der Waals surface area contributed by atoms with Crippen LogP contribution in [0.2, 0.25) is 0 Å². The molecule has 0 spiro atoms. The highest BCUT2D eigenvalue weighted by atomic mass is 32.2. The van der Waals surface area contributed by atoms with Crippen molar-refractivity contribution in [1.82, 2.24) is 4.72 Å². The number of ether oxygens (including phenoxy) is 1. The van der Waals surface area contributed by atoms with E-state index in [1.165, 1.54) is 13.4 Å². The summed E-state index contributed by atoms with van der Waals surface area (Å²) in [6.45, 7) is 4.24. The second-order valence-corrected chi connectivity index (χ2v) is 7.08. The summed E-state index contributed by atoms with van der Waals surface area (Å²) >= 11 is 0. The quantitative estimate of drug-likeness (QED) is 0.850. The molecule has 0 aliphatic rings. The Balaban J connectivity index is 2.07. The summed E-state index contributed by atoms with van der Waals surface area (Å²) in [6, 6.07) is 10.4. The van der Waals surface area contributed by atoms with Crippen molar-refractivity contribution >= 4 is 10.0 Å². The van der Waals surface area contributed by atoms with Crippen LogP contribution in [0, 0.1) is 0 Å². The lowest BCUT2D eigenvalue weighted by molar-refractivity contribution is 0.0878. The second kappa shape index (κ2) is 7.09. The standard InChI is InChI=1S/C16H21NO4S/c1-12(2)13-6-8-14(9-7-13)22(18,19)17-11-16(20-3)15-5-4-10-21-15/h4-10,12,16-17H,11H2,1-3H3. The Bertz CT molecular complexity index is 675. The monoisotopic (exact) mass is 323 g/mol. The lowest BCUT2D eigenvalue weighted by atomic mass is 10.0. The van der Waals surface area contributed by atoms with Crippen LogP contribution >= 0.6 is 0 Å². The first-order chi connectivity index (χ1) is 10.4. The fraction of sp³-hybridized carbons (Fsp3) is 0.375. The van der Waals surface area contributed by atoms with E-state index < -0.39 is 16.1 Å². The van der Waals surface area contributed by atoms with Gasteiger partial charge in [0.05, 0.1) is 11.2 Å². The van der Waals surface area contributed by atoms with E-state index in [-0.39, 0.29) is 11.4 Å². The Morgan fingerprint density at radius 3 is 2.36 bits per heavy atom. The Kier molecular flexibility index (Phi) is 5.39. The van der Waals surface area contributed by atoms with Crippen LogP contribution in [-0.4, -0.2) is 22.1 Å². The first-order valence-electron chi connectivity index (χ1n) is 7.10. The SMILES string of the molecule is COC(CNS(=O)(=O)c1ccc(C(C)C)cc1)c1ccco1. The number of sulfonamides is 1. The Labute approximate surface area is 131 Å². The van der Waals surface area contributed by atoms with E-state index in [2.05, 4.69) is 18.6 Å². The summed E-state index contributed by atoms with van der Waals surface area (Å²) in [5.74, 6) is 0.946. The maximum Gasteiger partial charge on any atom is 0.240 e. The Morgan fingerprint density at radius 1 is 1.18 bits per heavy atom. The molecule has 1 atom stereocenters. The first kappa shape index (κ1) is 16.7. The number of benzene rings is 1. The Morgan fingerprint density at radius 2 is 1.86 bits per heavy atom. The van der Waals surface area contributed by atoms with Gasteiger partial charge < -0.3 is 9.15 Å². The maximum atomic E-state index is 12.3. The van der Waals surface area contributed by atoms with Gasteiger partial charge in [-0.2, -0.15) is 0 Å². The zero-order valence-electron chi connectivity index (χ0n) is 12.9. The van der Waals surface area contributed by atoms with Crippen molar-refractivity contribution in [2.75, 3.05) is 13.7 Å². The fourth-order valence-corrected chi connectivity index (χ4v) is 3.11. The molecule has 1 heterocycles. The number of hydrogen-bond acceptors (Lipinski definition) is 4. The molecule has 1 aromatic heterocycles. The fourth-order valence-electron chi connectivity index (χ4n) is 2.08. The van der Waals surface area contributed by atoms with Gasteiger partial charge in [-0.3, -0.25) is 0 Å². The molecule has 0 aliphatic heterocycles. The zero-order valence-corrected chi connectivity index (χ0v) is 13.8. The summed E-state index contributed by atoms with van der Waals surface area (Å²) < 4.78 is 37.7. The summed E-state index contributed by atoms with van der Waals surface area (Å²) in [5.41, 5.74) is 1.10. The number of rotatable bonds is 7. The molecule has 5 nitrogen and oxygen atoms in total. The minimum absolute atomic E-state index is 0.109. The number of hydrogen-bond donors (Lipinski definition) is 1. The van der Waals surface area contributed by atoms with Crippen molar-refractivity contribution < 1.29 is 17.6 Å². The summed E-state index contributed by atoms with van der Waals surface area (Å²) in [6.07, 6.45) is 1.07. The smallest absolute Gasteiger partial charge is 0.240 e. The third kappa shape index (κ3) is 3.97. The largest absolute Gasteiger partial charge is 0.467 e. The van der Waals surface area contributed by atoms with Crippen molar-refractivity contribution in [3.05, 3.63) is 54.0 Å².